The number of allylic oxidation sites excluding steroid dienone is 1. The highest BCUT2D eigenvalue weighted by Crippen LogP contribution is 1.99. The van der Waals surface area contributed by atoms with Crippen molar-refractivity contribution >= 4 is 0 Å². The summed E-state index contributed by atoms with van der Waals surface area (Å²) in [4.78, 5) is 0. The van der Waals surface area contributed by atoms with Gasteiger partial charge in [0.2, 0.25) is 0 Å². The summed E-state index contributed by atoms with van der Waals surface area (Å²) < 4.78 is 5.19. The molecule has 1 rings (SSSR count). The first-order valence-electron chi connectivity index (χ1n) is 3.16. The number of ether oxygens (including phenoxy) is 1. The molecule has 50 valence electrons. The molecular weight excluding hydrogens is 114 g/mol. The summed E-state index contributed by atoms with van der Waals surface area (Å²) in [6, 6.07) is 0. The molecule has 2 heteroatoms. The lowest BCUT2D eigenvalue weighted by atomic mass is 10.4. The summed E-state index contributed by atoms with van der Waals surface area (Å²) in [6.07, 6.45) is 5.88. The Morgan fingerprint density at radius 2 is 2.67 bits per heavy atom. The van der Waals surface area contributed by atoms with Gasteiger partial charge in [0.25, 0.3) is 0 Å². The average Bonchev–Trinajstić information content (AvgIpc) is 1.91. The molecule has 0 aromatic heterocycles. The second-order valence-corrected chi connectivity index (χ2v) is 1.79. The normalized spacial score (nSPS) is 16.3. The molecule has 0 radical (unpaired) electrons. The van der Waals surface area contributed by atoms with Crippen LogP contribution in [0.25, 0.3) is 0 Å². The Morgan fingerprint density at radius 3 is 3.22 bits per heavy atom. The molecule has 1 aliphatic rings. The lowest BCUT2D eigenvalue weighted by Crippen LogP contribution is -2.10. The van der Waals surface area contributed by atoms with Gasteiger partial charge in [0, 0.05) is 12.7 Å². The maximum atomic E-state index is 5.19. The second-order valence-electron chi connectivity index (χ2n) is 1.79. The van der Waals surface area contributed by atoms with Gasteiger partial charge in [-0.2, -0.15) is 0 Å². The first kappa shape index (κ1) is 6.20. The molecule has 1 heterocycles. The lowest BCUT2D eigenvalue weighted by molar-refractivity contribution is 0.239. The Labute approximate surface area is 55.2 Å². The molecule has 0 unspecified atom stereocenters. The van der Waals surface area contributed by atoms with Gasteiger partial charge in [0.15, 0.2) is 0 Å². The van der Waals surface area contributed by atoms with Crippen molar-refractivity contribution < 1.29 is 4.74 Å². The molecule has 9 heavy (non-hydrogen) atoms. The van der Waals surface area contributed by atoms with Gasteiger partial charge in [-0.15, -0.1) is 0 Å². The number of hydrogen-bond acceptors (Lipinski definition) is 2. The van der Waals surface area contributed by atoms with E-state index < -0.39 is 0 Å². The van der Waals surface area contributed by atoms with Crippen molar-refractivity contribution in [3.63, 3.8) is 0 Å². The largest absolute Gasteiger partial charge is 0.492 e. The van der Waals surface area contributed by atoms with Gasteiger partial charge in [-0.25, -0.2) is 0 Å². The maximum Gasteiger partial charge on any atom is 0.134 e. The van der Waals surface area contributed by atoms with Crippen molar-refractivity contribution in [3.8, 4) is 0 Å². The summed E-state index contributed by atoms with van der Waals surface area (Å²) in [6.45, 7) is 3.62. The van der Waals surface area contributed by atoms with Crippen LogP contribution in [0.2, 0.25) is 0 Å². The molecule has 0 aliphatic carbocycles. The molecule has 0 aromatic rings. The van der Waals surface area contributed by atoms with Gasteiger partial charge in [0.05, 0.1) is 6.61 Å². The smallest absolute Gasteiger partial charge is 0.134 e. The maximum absolute atomic E-state index is 5.19. The number of dihydropyridines is 1. The van der Waals surface area contributed by atoms with Crippen molar-refractivity contribution in [2.75, 3.05) is 13.2 Å². The summed E-state index contributed by atoms with van der Waals surface area (Å²) in [5, 5.41) is 3.05. The zero-order valence-electron chi connectivity index (χ0n) is 5.55. The van der Waals surface area contributed by atoms with Gasteiger partial charge in [0.1, 0.15) is 5.76 Å². The molecule has 0 spiro atoms. The molecule has 2 nitrogen and oxygen atoms in total. The van der Waals surface area contributed by atoms with Crippen LogP contribution in [0.3, 0.4) is 0 Å². The van der Waals surface area contributed by atoms with Crippen LogP contribution in [0.1, 0.15) is 6.92 Å². The quantitative estimate of drug-likeness (QED) is 0.595. The summed E-state index contributed by atoms with van der Waals surface area (Å²) in [5.41, 5.74) is 0. The van der Waals surface area contributed by atoms with E-state index in [2.05, 4.69) is 5.32 Å². The Hall–Kier alpha value is -0.920. The predicted molar refractivity (Wildman–Crippen MR) is 36.9 cm³/mol. The van der Waals surface area contributed by atoms with Gasteiger partial charge >= 0.3 is 0 Å². The summed E-state index contributed by atoms with van der Waals surface area (Å²) in [5.74, 6) is 0.920. The molecular formula is C7H11NO. The SMILES string of the molecule is CCOC1=CNCC=C1. The van der Waals surface area contributed by atoms with Crippen molar-refractivity contribution in [3.05, 3.63) is 24.1 Å². The fraction of sp³-hybridized carbons (Fsp3) is 0.429. The highest BCUT2D eigenvalue weighted by Gasteiger charge is 1.92. The second kappa shape index (κ2) is 3.17. The van der Waals surface area contributed by atoms with Crippen LogP contribution in [0.5, 0.6) is 0 Å². The molecule has 1 N–H and O–H groups in total. The predicted octanol–water partition coefficient (Wildman–Crippen LogP) is 1.02. The van der Waals surface area contributed by atoms with Crippen LogP contribution in [-0.4, -0.2) is 13.2 Å². The molecule has 0 fully saturated rings. The molecule has 0 saturated carbocycles. The summed E-state index contributed by atoms with van der Waals surface area (Å²) >= 11 is 0. The van der Waals surface area contributed by atoms with E-state index in [0.717, 1.165) is 18.9 Å². The van der Waals surface area contributed by atoms with Crippen molar-refractivity contribution in [2.45, 2.75) is 6.92 Å². The fourth-order valence-electron chi connectivity index (χ4n) is 0.707. The molecule has 0 atom stereocenters. The zero-order valence-corrected chi connectivity index (χ0v) is 5.55. The first-order valence-corrected chi connectivity index (χ1v) is 3.16. The van der Waals surface area contributed by atoms with Crippen LogP contribution in [0, 0.1) is 0 Å². The Kier molecular flexibility index (Phi) is 2.19. The van der Waals surface area contributed by atoms with E-state index in [9.17, 15) is 0 Å². The Morgan fingerprint density at radius 1 is 1.78 bits per heavy atom. The van der Waals surface area contributed by atoms with Gasteiger partial charge in [-0.05, 0) is 13.0 Å². The minimum Gasteiger partial charge on any atom is -0.492 e. The van der Waals surface area contributed by atoms with E-state index in [1.54, 1.807) is 0 Å². The fourth-order valence-corrected chi connectivity index (χ4v) is 0.707. The minimum absolute atomic E-state index is 0.734. The third-order valence-corrected chi connectivity index (χ3v) is 1.07. The number of hydrogen-bond donors (Lipinski definition) is 1. The third kappa shape index (κ3) is 1.80. The van der Waals surface area contributed by atoms with Crippen LogP contribution < -0.4 is 5.32 Å². The monoisotopic (exact) mass is 125 g/mol. The Balaban J connectivity index is 2.38. The molecule has 1 aliphatic heterocycles. The topological polar surface area (TPSA) is 21.3 Å². The number of rotatable bonds is 2. The van der Waals surface area contributed by atoms with E-state index in [4.69, 9.17) is 4.74 Å². The van der Waals surface area contributed by atoms with Crippen LogP contribution in [-0.2, 0) is 4.74 Å². The standard InChI is InChI=1S/C7H11NO/c1-2-9-7-4-3-5-8-6-7/h3-4,6,8H,2,5H2,1H3. The van der Waals surface area contributed by atoms with E-state index in [-0.39, 0.29) is 0 Å². The van der Waals surface area contributed by atoms with Crippen LogP contribution in [0.4, 0.5) is 0 Å². The zero-order chi connectivity index (χ0) is 6.53. The van der Waals surface area contributed by atoms with Crippen LogP contribution >= 0.6 is 0 Å². The van der Waals surface area contributed by atoms with Crippen LogP contribution in [0.15, 0.2) is 24.1 Å². The van der Waals surface area contributed by atoms with Gasteiger partial charge in [-0.1, -0.05) is 6.08 Å². The van der Waals surface area contributed by atoms with E-state index >= 15 is 0 Å². The highest BCUT2D eigenvalue weighted by atomic mass is 16.5. The third-order valence-electron chi connectivity index (χ3n) is 1.07. The lowest BCUT2D eigenvalue weighted by Gasteiger charge is -2.07. The molecule has 0 amide bonds. The number of nitrogens with one attached hydrogen (secondary N) is 1. The van der Waals surface area contributed by atoms with Gasteiger partial charge in [-0.3, -0.25) is 0 Å². The van der Waals surface area contributed by atoms with Crippen molar-refractivity contribution in [1.29, 1.82) is 0 Å². The first-order chi connectivity index (χ1) is 4.43. The average molecular weight is 125 g/mol. The summed E-state index contributed by atoms with van der Waals surface area (Å²) in [7, 11) is 0. The van der Waals surface area contributed by atoms with E-state index in [1.807, 2.05) is 25.3 Å². The van der Waals surface area contributed by atoms with Crippen molar-refractivity contribution in [2.24, 2.45) is 0 Å². The molecule has 0 saturated heterocycles. The molecule has 0 bridgehead atoms. The minimum atomic E-state index is 0.734. The molecule has 0 aromatic carbocycles. The van der Waals surface area contributed by atoms with E-state index in [0.29, 0.717) is 0 Å². The van der Waals surface area contributed by atoms with Gasteiger partial charge < -0.3 is 10.1 Å². The highest BCUT2D eigenvalue weighted by molar-refractivity contribution is 5.15. The van der Waals surface area contributed by atoms with Crippen molar-refractivity contribution in [1.82, 2.24) is 5.32 Å². The Bertz CT molecular complexity index is 138. The van der Waals surface area contributed by atoms with E-state index in [1.165, 1.54) is 0 Å².